The Balaban J connectivity index is 1.83. The van der Waals surface area contributed by atoms with Crippen LogP contribution in [0.4, 0.5) is 0 Å². The first kappa shape index (κ1) is 15.4. The van der Waals surface area contributed by atoms with Crippen LogP contribution in [0.2, 0.25) is 5.02 Å². The Labute approximate surface area is 149 Å². The first-order valence-electron chi connectivity index (χ1n) is 7.71. The second-order valence-electron chi connectivity index (χ2n) is 5.93. The lowest BCUT2D eigenvalue weighted by Gasteiger charge is -2.12. The molecule has 0 radical (unpaired) electrons. The summed E-state index contributed by atoms with van der Waals surface area (Å²) in [7, 11) is 0. The van der Waals surface area contributed by atoms with Crippen molar-refractivity contribution in [2.75, 3.05) is 0 Å². The molecule has 0 atom stereocenters. The summed E-state index contributed by atoms with van der Waals surface area (Å²) in [5.74, 6) is 0.982. The molecule has 0 unspecified atom stereocenters. The minimum absolute atomic E-state index is 0.746. The molecule has 0 aliphatic heterocycles. The second-order valence-corrected chi connectivity index (χ2v) is 7.39. The Morgan fingerprint density at radius 2 is 1.75 bits per heavy atom. The third-order valence-electron chi connectivity index (χ3n) is 4.18. The number of aryl methyl sites for hydroxylation is 3. The maximum Gasteiger partial charge on any atom is 0.139 e. The van der Waals surface area contributed by atoms with Crippen molar-refractivity contribution in [2.24, 2.45) is 0 Å². The monoisotopic (exact) mass is 353 g/mol. The van der Waals surface area contributed by atoms with Gasteiger partial charge in [-0.05, 0) is 56.7 Å². The van der Waals surface area contributed by atoms with Crippen LogP contribution in [0.25, 0.3) is 26.5 Å². The van der Waals surface area contributed by atoms with Crippen LogP contribution < -0.4 is 0 Å². The molecule has 120 valence electrons. The molecule has 0 saturated carbocycles. The van der Waals surface area contributed by atoms with E-state index in [0.717, 1.165) is 37.1 Å². The van der Waals surface area contributed by atoms with Crippen molar-refractivity contribution in [3.63, 3.8) is 0 Å². The van der Waals surface area contributed by atoms with Crippen molar-refractivity contribution < 1.29 is 0 Å². The first-order chi connectivity index (χ1) is 11.5. The number of halogens is 1. The zero-order valence-electron chi connectivity index (χ0n) is 13.7. The molecule has 3 nitrogen and oxygen atoms in total. The van der Waals surface area contributed by atoms with Gasteiger partial charge in [0.25, 0.3) is 0 Å². The third-order valence-corrected chi connectivity index (χ3v) is 5.82. The van der Waals surface area contributed by atoms with Gasteiger partial charge in [-0.1, -0.05) is 11.6 Å². The van der Waals surface area contributed by atoms with Gasteiger partial charge in [-0.2, -0.15) is 0 Å². The van der Waals surface area contributed by atoms with E-state index in [-0.39, 0.29) is 0 Å². The molecule has 4 heterocycles. The maximum atomic E-state index is 6.27. The van der Waals surface area contributed by atoms with E-state index in [0.29, 0.717) is 0 Å². The highest BCUT2D eigenvalue weighted by Crippen LogP contribution is 2.36. The fourth-order valence-electron chi connectivity index (χ4n) is 2.99. The van der Waals surface area contributed by atoms with Crippen molar-refractivity contribution in [2.45, 2.75) is 20.8 Å². The maximum absolute atomic E-state index is 6.27. The van der Waals surface area contributed by atoms with Crippen molar-refractivity contribution in [3.8, 4) is 16.3 Å². The topological polar surface area (TPSA) is 30.7 Å². The fraction of sp³-hybridized carbons (Fsp3) is 0.158. The molecule has 0 spiro atoms. The van der Waals surface area contributed by atoms with Crippen LogP contribution in [0.15, 0.2) is 42.7 Å². The van der Waals surface area contributed by atoms with Crippen molar-refractivity contribution in [1.29, 1.82) is 0 Å². The minimum Gasteiger partial charge on any atom is -0.303 e. The normalized spacial score (nSPS) is 11.3. The van der Waals surface area contributed by atoms with Crippen LogP contribution >= 0.6 is 22.9 Å². The predicted octanol–water partition coefficient (Wildman–Crippen LogP) is 5.73. The number of hydrogen-bond donors (Lipinski definition) is 0. The summed E-state index contributed by atoms with van der Waals surface area (Å²) in [6.07, 6.45) is 3.67. The van der Waals surface area contributed by atoms with Gasteiger partial charge < -0.3 is 4.57 Å². The van der Waals surface area contributed by atoms with Crippen molar-refractivity contribution >= 4 is 33.2 Å². The van der Waals surface area contributed by atoms with Gasteiger partial charge in [-0.3, -0.25) is 4.98 Å². The first-order valence-corrected chi connectivity index (χ1v) is 8.90. The Morgan fingerprint density at radius 1 is 1.00 bits per heavy atom. The lowest BCUT2D eigenvalue weighted by molar-refractivity contribution is 0.911. The van der Waals surface area contributed by atoms with Crippen LogP contribution in [-0.4, -0.2) is 14.5 Å². The van der Waals surface area contributed by atoms with Gasteiger partial charge in [0.05, 0.1) is 15.2 Å². The number of fused-ring (bicyclic) bond motifs is 1. The number of aromatic nitrogens is 3. The molecule has 5 heteroatoms. The summed E-state index contributed by atoms with van der Waals surface area (Å²) in [4.78, 5) is 10.3. The molecule has 0 aromatic carbocycles. The molecule has 4 aromatic heterocycles. The van der Waals surface area contributed by atoms with Crippen LogP contribution in [0.5, 0.6) is 0 Å². The largest absolute Gasteiger partial charge is 0.303 e. The van der Waals surface area contributed by atoms with Crippen LogP contribution in [0.1, 0.15) is 17.0 Å². The average Bonchev–Trinajstić information content (AvgIpc) is 3.13. The van der Waals surface area contributed by atoms with Gasteiger partial charge in [-0.25, -0.2) is 4.98 Å². The standard InChI is InChI=1S/C19H16ClN3S/c1-11-8-14(10-22-19(11)23-12(2)4-5-13(23)3)17-9-16-18(24-17)15(20)6-7-21-16/h4-10H,1-3H3. The Kier molecular flexibility index (Phi) is 3.66. The molecule has 24 heavy (non-hydrogen) atoms. The highest BCUT2D eigenvalue weighted by atomic mass is 35.5. The summed E-state index contributed by atoms with van der Waals surface area (Å²) >= 11 is 7.92. The Hall–Kier alpha value is -2.17. The average molecular weight is 354 g/mol. The van der Waals surface area contributed by atoms with Gasteiger partial charge in [0.2, 0.25) is 0 Å². The molecule has 0 N–H and O–H groups in total. The summed E-state index contributed by atoms with van der Waals surface area (Å²) in [6, 6.07) is 10.3. The molecule has 0 aliphatic carbocycles. The number of rotatable bonds is 2. The lowest BCUT2D eigenvalue weighted by Crippen LogP contribution is -2.04. The fourth-order valence-corrected chi connectivity index (χ4v) is 4.26. The Morgan fingerprint density at radius 3 is 2.42 bits per heavy atom. The second kappa shape index (κ2) is 5.72. The van der Waals surface area contributed by atoms with Gasteiger partial charge in [0.15, 0.2) is 0 Å². The molecule has 0 bridgehead atoms. The van der Waals surface area contributed by atoms with E-state index in [1.54, 1.807) is 17.5 Å². The number of nitrogens with zero attached hydrogens (tertiary/aromatic N) is 3. The van der Waals surface area contributed by atoms with Crippen LogP contribution in [0, 0.1) is 20.8 Å². The highest BCUT2D eigenvalue weighted by molar-refractivity contribution is 7.22. The molecule has 4 rings (SSSR count). The smallest absolute Gasteiger partial charge is 0.139 e. The van der Waals surface area contributed by atoms with E-state index in [2.05, 4.69) is 54.6 Å². The van der Waals surface area contributed by atoms with Crippen molar-refractivity contribution in [1.82, 2.24) is 14.5 Å². The third kappa shape index (κ3) is 2.43. The zero-order chi connectivity index (χ0) is 16.8. The van der Waals surface area contributed by atoms with E-state index in [9.17, 15) is 0 Å². The SMILES string of the molecule is Cc1cc(-c2cc3nccc(Cl)c3s2)cnc1-n1c(C)ccc1C. The van der Waals surface area contributed by atoms with E-state index >= 15 is 0 Å². The van der Waals surface area contributed by atoms with E-state index < -0.39 is 0 Å². The lowest BCUT2D eigenvalue weighted by atomic mass is 10.1. The van der Waals surface area contributed by atoms with E-state index in [1.807, 2.05) is 12.3 Å². The molecule has 0 fully saturated rings. The van der Waals surface area contributed by atoms with Gasteiger partial charge in [-0.15, -0.1) is 11.3 Å². The quantitative estimate of drug-likeness (QED) is 0.461. The van der Waals surface area contributed by atoms with Crippen LogP contribution in [-0.2, 0) is 0 Å². The number of pyridine rings is 2. The molecule has 0 aliphatic rings. The number of hydrogen-bond acceptors (Lipinski definition) is 3. The predicted molar refractivity (Wildman–Crippen MR) is 101 cm³/mol. The Bertz CT molecular complexity index is 1040. The van der Waals surface area contributed by atoms with Crippen LogP contribution in [0.3, 0.4) is 0 Å². The highest BCUT2D eigenvalue weighted by Gasteiger charge is 2.12. The summed E-state index contributed by atoms with van der Waals surface area (Å²) in [5, 5.41) is 0.746. The summed E-state index contributed by atoms with van der Waals surface area (Å²) < 4.78 is 3.20. The minimum atomic E-state index is 0.746. The molecule has 0 amide bonds. The molecule has 0 saturated heterocycles. The molecule has 4 aromatic rings. The van der Waals surface area contributed by atoms with E-state index in [1.165, 1.54) is 11.4 Å². The summed E-state index contributed by atoms with van der Waals surface area (Å²) in [5.41, 5.74) is 5.55. The molecular weight excluding hydrogens is 338 g/mol. The summed E-state index contributed by atoms with van der Waals surface area (Å²) in [6.45, 7) is 6.30. The van der Waals surface area contributed by atoms with Gasteiger partial charge >= 0.3 is 0 Å². The zero-order valence-corrected chi connectivity index (χ0v) is 15.2. The van der Waals surface area contributed by atoms with E-state index in [4.69, 9.17) is 16.6 Å². The van der Waals surface area contributed by atoms with Gasteiger partial charge in [0.1, 0.15) is 5.82 Å². The van der Waals surface area contributed by atoms with Gasteiger partial charge in [0, 0.05) is 34.2 Å². The number of thiophene rings is 1. The van der Waals surface area contributed by atoms with Crippen molar-refractivity contribution in [3.05, 3.63) is 64.7 Å². The molecular formula is C19H16ClN3S.